The summed E-state index contributed by atoms with van der Waals surface area (Å²) in [7, 11) is 2.03. The predicted molar refractivity (Wildman–Crippen MR) is 92.4 cm³/mol. The van der Waals surface area contributed by atoms with Crippen molar-refractivity contribution in [2.75, 3.05) is 26.7 Å². The number of ether oxygens (including phenoxy) is 1. The number of hydrogen-bond donors (Lipinski definition) is 1. The third-order valence-corrected chi connectivity index (χ3v) is 3.45. The molecule has 0 bridgehead atoms. The SMILES string of the molecule is CN(CC(O)COc1cccc2ccccc12)CC(C)(C)C. The summed E-state index contributed by atoms with van der Waals surface area (Å²) >= 11 is 0. The standard InChI is InChI=1S/C19H27NO2/c1-19(2,3)14-20(4)12-16(21)13-22-18-11-7-9-15-8-5-6-10-17(15)18/h5-11,16,21H,12-14H2,1-4H3. The van der Waals surface area contributed by atoms with Crippen LogP contribution in [0.1, 0.15) is 20.8 Å². The minimum atomic E-state index is -0.494. The molecule has 120 valence electrons. The van der Waals surface area contributed by atoms with E-state index in [1.54, 1.807) is 0 Å². The van der Waals surface area contributed by atoms with Crippen molar-refractivity contribution in [2.24, 2.45) is 5.41 Å². The number of hydrogen-bond acceptors (Lipinski definition) is 3. The van der Waals surface area contributed by atoms with Crippen molar-refractivity contribution in [1.82, 2.24) is 4.90 Å². The zero-order valence-electron chi connectivity index (χ0n) is 14.0. The number of nitrogens with zero attached hydrogens (tertiary/aromatic N) is 1. The second-order valence-corrected chi connectivity index (χ2v) is 7.20. The molecule has 0 aliphatic carbocycles. The normalized spacial score (nSPS) is 13.5. The van der Waals surface area contributed by atoms with Gasteiger partial charge in [-0.2, -0.15) is 0 Å². The lowest BCUT2D eigenvalue weighted by atomic mass is 9.96. The average Bonchev–Trinajstić information content (AvgIpc) is 2.43. The molecule has 1 unspecified atom stereocenters. The van der Waals surface area contributed by atoms with Crippen LogP contribution in [0.25, 0.3) is 10.8 Å². The molecule has 2 aromatic carbocycles. The molecule has 0 saturated carbocycles. The second-order valence-electron chi connectivity index (χ2n) is 7.20. The smallest absolute Gasteiger partial charge is 0.127 e. The van der Waals surface area contributed by atoms with E-state index in [4.69, 9.17) is 4.74 Å². The fourth-order valence-electron chi connectivity index (χ4n) is 2.79. The highest BCUT2D eigenvalue weighted by molar-refractivity contribution is 5.88. The maximum Gasteiger partial charge on any atom is 0.127 e. The lowest BCUT2D eigenvalue weighted by Crippen LogP contribution is -2.37. The molecule has 0 amide bonds. The van der Waals surface area contributed by atoms with Gasteiger partial charge in [-0.25, -0.2) is 0 Å². The first-order valence-electron chi connectivity index (χ1n) is 7.82. The predicted octanol–water partition coefficient (Wildman–Crippen LogP) is 3.56. The van der Waals surface area contributed by atoms with Gasteiger partial charge >= 0.3 is 0 Å². The first-order chi connectivity index (χ1) is 10.3. The Morgan fingerprint density at radius 1 is 1.09 bits per heavy atom. The van der Waals surface area contributed by atoms with Crippen LogP contribution in [0, 0.1) is 5.41 Å². The number of likely N-dealkylation sites (N-methyl/N-ethyl adjacent to an activating group) is 1. The van der Waals surface area contributed by atoms with E-state index in [1.807, 2.05) is 37.4 Å². The molecule has 3 heteroatoms. The van der Waals surface area contributed by atoms with E-state index in [1.165, 1.54) is 0 Å². The van der Waals surface area contributed by atoms with Crippen LogP contribution in [0.2, 0.25) is 0 Å². The summed E-state index contributed by atoms with van der Waals surface area (Å²) in [6, 6.07) is 14.1. The summed E-state index contributed by atoms with van der Waals surface area (Å²) in [5.74, 6) is 0.829. The van der Waals surface area contributed by atoms with Crippen molar-refractivity contribution in [1.29, 1.82) is 0 Å². The third kappa shape index (κ3) is 5.00. The summed E-state index contributed by atoms with van der Waals surface area (Å²) in [6.07, 6.45) is -0.494. The monoisotopic (exact) mass is 301 g/mol. The van der Waals surface area contributed by atoms with Crippen LogP contribution in [0.15, 0.2) is 42.5 Å². The maximum atomic E-state index is 10.2. The average molecular weight is 301 g/mol. The largest absolute Gasteiger partial charge is 0.490 e. The molecule has 0 spiro atoms. The summed E-state index contributed by atoms with van der Waals surface area (Å²) in [6.45, 7) is 8.45. The maximum absolute atomic E-state index is 10.2. The van der Waals surface area contributed by atoms with Gasteiger partial charge in [0.25, 0.3) is 0 Å². The first-order valence-corrected chi connectivity index (χ1v) is 7.82. The highest BCUT2D eigenvalue weighted by Gasteiger charge is 2.16. The number of fused-ring (bicyclic) bond motifs is 1. The molecule has 0 saturated heterocycles. The summed E-state index contributed by atoms with van der Waals surface area (Å²) < 4.78 is 5.84. The molecule has 0 aromatic heterocycles. The van der Waals surface area contributed by atoms with Crippen molar-refractivity contribution in [3.8, 4) is 5.75 Å². The Balaban J connectivity index is 1.91. The number of aliphatic hydroxyl groups excluding tert-OH is 1. The van der Waals surface area contributed by atoms with E-state index in [-0.39, 0.29) is 5.41 Å². The van der Waals surface area contributed by atoms with Gasteiger partial charge in [0.15, 0.2) is 0 Å². The molecule has 3 nitrogen and oxygen atoms in total. The van der Waals surface area contributed by atoms with Crippen molar-refractivity contribution in [2.45, 2.75) is 26.9 Å². The van der Waals surface area contributed by atoms with Gasteiger partial charge in [0.1, 0.15) is 18.5 Å². The Bertz CT molecular complexity index is 598. The van der Waals surface area contributed by atoms with Crippen molar-refractivity contribution in [3.05, 3.63) is 42.5 Å². The van der Waals surface area contributed by atoms with Crippen LogP contribution in [-0.2, 0) is 0 Å². The molecule has 22 heavy (non-hydrogen) atoms. The summed E-state index contributed by atoms with van der Waals surface area (Å²) in [5, 5.41) is 12.4. The van der Waals surface area contributed by atoms with Crippen LogP contribution in [0.3, 0.4) is 0 Å². The zero-order valence-corrected chi connectivity index (χ0v) is 14.0. The van der Waals surface area contributed by atoms with Crippen LogP contribution in [-0.4, -0.2) is 42.9 Å². The molecular weight excluding hydrogens is 274 g/mol. The van der Waals surface area contributed by atoms with E-state index in [0.29, 0.717) is 13.2 Å². The molecule has 1 N–H and O–H groups in total. The fraction of sp³-hybridized carbons (Fsp3) is 0.474. The Morgan fingerprint density at radius 3 is 2.50 bits per heavy atom. The summed E-state index contributed by atoms with van der Waals surface area (Å²) in [4.78, 5) is 2.15. The van der Waals surface area contributed by atoms with Crippen LogP contribution in [0.5, 0.6) is 5.75 Å². The minimum Gasteiger partial charge on any atom is -0.490 e. The molecule has 0 fully saturated rings. The van der Waals surface area contributed by atoms with Gasteiger partial charge in [0.2, 0.25) is 0 Å². The van der Waals surface area contributed by atoms with Crippen LogP contribution >= 0.6 is 0 Å². The third-order valence-electron chi connectivity index (χ3n) is 3.45. The van der Waals surface area contributed by atoms with Gasteiger partial charge in [-0.05, 0) is 23.9 Å². The first kappa shape index (κ1) is 16.8. The van der Waals surface area contributed by atoms with Crippen LogP contribution < -0.4 is 4.74 Å². The molecular formula is C19H27NO2. The molecule has 0 aliphatic rings. The highest BCUT2D eigenvalue weighted by Crippen LogP contribution is 2.25. The van der Waals surface area contributed by atoms with Crippen molar-refractivity contribution < 1.29 is 9.84 Å². The van der Waals surface area contributed by atoms with Gasteiger partial charge in [0, 0.05) is 18.5 Å². The highest BCUT2D eigenvalue weighted by atomic mass is 16.5. The zero-order chi connectivity index (χ0) is 16.2. The van der Waals surface area contributed by atoms with Gasteiger partial charge < -0.3 is 14.7 Å². The number of rotatable bonds is 6. The van der Waals surface area contributed by atoms with E-state index in [2.05, 4.69) is 37.8 Å². The molecule has 0 aliphatic heterocycles. The quantitative estimate of drug-likeness (QED) is 0.885. The van der Waals surface area contributed by atoms with Crippen LogP contribution in [0.4, 0.5) is 0 Å². The Hall–Kier alpha value is -1.58. The van der Waals surface area contributed by atoms with Gasteiger partial charge in [-0.1, -0.05) is 57.2 Å². The topological polar surface area (TPSA) is 32.7 Å². The van der Waals surface area contributed by atoms with E-state index in [9.17, 15) is 5.11 Å². The van der Waals surface area contributed by atoms with Gasteiger partial charge in [0.05, 0.1) is 0 Å². The van der Waals surface area contributed by atoms with Crippen molar-refractivity contribution >= 4 is 10.8 Å². The molecule has 0 radical (unpaired) electrons. The molecule has 1 atom stereocenters. The van der Waals surface area contributed by atoms with Crippen molar-refractivity contribution in [3.63, 3.8) is 0 Å². The fourth-order valence-corrected chi connectivity index (χ4v) is 2.79. The van der Waals surface area contributed by atoms with Gasteiger partial charge in [-0.3, -0.25) is 0 Å². The molecule has 2 rings (SSSR count). The number of benzene rings is 2. The molecule has 2 aromatic rings. The van der Waals surface area contributed by atoms with E-state index < -0.39 is 6.10 Å². The van der Waals surface area contributed by atoms with Gasteiger partial charge in [-0.15, -0.1) is 0 Å². The Morgan fingerprint density at radius 2 is 1.77 bits per heavy atom. The molecule has 0 heterocycles. The summed E-state index contributed by atoms with van der Waals surface area (Å²) in [5.41, 5.74) is 0.227. The lowest BCUT2D eigenvalue weighted by molar-refractivity contribution is 0.0672. The minimum absolute atomic E-state index is 0.227. The van der Waals surface area contributed by atoms with E-state index >= 15 is 0 Å². The number of aliphatic hydroxyl groups is 1. The Kier molecular flexibility index (Phi) is 5.43. The second kappa shape index (κ2) is 7.12. The Labute approximate surface area is 133 Å². The van der Waals surface area contributed by atoms with E-state index in [0.717, 1.165) is 23.1 Å². The lowest BCUT2D eigenvalue weighted by Gasteiger charge is -2.28.